The molecule has 0 spiro atoms. The zero-order chi connectivity index (χ0) is 23.1. The molecule has 7 heteroatoms. The van der Waals surface area contributed by atoms with Crippen molar-refractivity contribution in [1.29, 1.82) is 0 Å². The van der Waals surface area contributed by atoms with Gasteiger partial charge in [-0.25, -0.2) is 9.59 Å². The average Bonchev–Trinajstić information content (AvgIpc) is 3.12. The Kier molecular flexibility index (Phi) is 7.30. The summed E-state index contributed by atoms with van der Waals surface area (Å²) in [5.41, 5.74) is 3.28. The van der Waals surface area contributed by atoms with Crippen LogP contribution in [0.2, 0.25) is 0 Å². The predicted molar refractivity (Wildman–Crippen MR) is 121 cm³/mol. The number of ether oxygens (including phenoxy) is 1. The number of fused-ring (bicyclic) bond motifs is 3. The molecule has 3 N–H and O–H groups in total. The summed E-state index contributed by atoms with van der Waals surface area (Å²) in [6.45, 7) is 3.71. The Morgan fingerprint density at radius 2 is 1.56 bits per heavy atom. The summed E-state index contributed by atoms with van der Waals surface area (Å²) in [5, 5.41) is 14.5. The monoisotopic (exact) mass is 436 g/mol. The third-order valence-corrected chi connectivity index (χ3v) is 5.96. The van der Waals surface area contributed by atoms with Crippen LogP contribution < -0.4 is 10.6 Å². The molecule has 0 heterocycles. The summed E-state index contributed by atoms with van der Waals surface area (Å²) < 4.78 is 5.43. The van der Waals surface area contributed by atoms with Crippen LogP contribution in [0.3, 0.4) is 0 Å². The predicted octanol–water partition coefficient (Wildman–Crippen LogP) is 3.84. The van der Waals surface area contributed by atoms with Gasteiger partial charge in [0.15, 0.2) is 0 Å². The number of carbonyl (C=O) groups is 3. The fraction of sp³-hybridized carbons (Fsp3) is 0.320. The third-order valence-electron chi connectivity index (χ3n) is 5.96. The summed E-state index contributed by atoms with van der Waals surface area (Å²) in [6.07, 6.45) is 2.63. The fourth-order valence-electron chi connectivity index (χ4n) is 4.02. The highest BCUT2D eigenvalue weighted by atomic mass is 16.5. The standard InChI is InChI=1S/C25H28N2O5/c1-3-25(4-2,23(29)30)27-22(28)14-9-15-26-24(31)32-16-21-19-12-7-5-10-17(19)18-11-6-8-13-20(18)21/h5-14,21H,3-4,15-16H2,1-2H3,(H,26,31)(H,27,28)(H,29,30)/b14-9+. The normalized spacial score (nSPS) is 12.8. The molecule has 0 saturated carbocycles. The van der Waals surface area contributed by atoms with Gasteiger partial charge in [-0.05, 0) is 35.1 Å². The Labute approximate surface area is 187 Å². The number of carbonyl (C=O) groups excluding carboxylic acids is 2. The lowest BCUT2D eigenvalue weighted by Gasteiger charge is -2.27. The van der Waals surface area contributed by atoms with Crippen molar-refractivity contribution in [2.24, 2.45) is 0 Å². The van der Waals surface area contributed by atoms with E-state index in [-0.39, 0.29) is 31.9 Å². The molecule has 7 nitrogen and oxygen atoms in total. The van der Waals surface area contributed by atoms with E-state index >= 15 is 0 Å². The van der Waals surface area contributed by atoms with Crippen molar-refractivity contribution in [3.05, 3.63) is 71.8 Å². The molecule has 0 atom stereocenters. The Morgan fingerprint density at radius 3 is 2.09 bits per heavy atom. The van der Waals surface area contributed by atoms with Crippen molar-refractivity contribution < 1.29 is 24.2 Å². The number of carboxylic acid groups (broad SMARTS) is 1. The van der Waals surface area contributed by atoms with Crippen LogP contribution >= 0.6 is 0 Å². The highest BCUT2D eigenvalue weighted by Gasteiger charge is 2.35. The molecule has 0 aromatic heterocycles. The maximum absolute atomic E-state index is 12.1. The molecular formula is C25H28N2O5. The number of aliphatic carboxylic acids is 1. The molecule has 0 saturated heterocycles. The second-order valence-corrected chi connectivity index (χ2v) is 7.69. The van der Waals surface area contributed by atoms with Gasteiger partial charge in [-0.15, -0.1) is 0 Å². The van der Waals surface area contributed by atoms with Gasteiger partial charge in [0.05, 0.1) is 0 Å². The lowest BCUT2D eigenvalue weighted by atomic mass is 9.93. The highest BCUT2D eigenvalue weighted by Crippen LogP contribution is 2.44. The first-order valence-corrected chi connectivity index (χ1v) is 10.7. The lowest BCUT2D eigenvalue weighted by Crippen LogP contribution is -2.53. The smallest absolute Gasteiger partial charge is 0.407 e. The van der Waals surface area contributed by atoms with Crippen molar-refractivity contribution >= 4 is 18.0 Å². The number of rotatable bonds is 9. The van der Waals surface area contributed by atoms with E-state index < -0.39 is 23.5 Å². The number of hydrogen-bond acceptors (Lipinski definition) is 4. The number of alkyl carbamates (subject to hydrolysis) is 1. The molecule has 2 aromatic carbocycles. The first-order chi connectivity index (χ1) is 15.4. The zero-order valence-corrected chi connectivity index (χ0v) is 18.3. The highest BCUT2D eigenvalue weighted by molar-refractivity contribution is 5.93. The molecule has 0 bridgehead atoms. The molecule has 0 aliphatic heterocycles. The maximum Gasteiger partial charge on any atom is 0.407 e. The Bertz CT molecular complexity index is 981. The van der Waals surface area contributed by atoms with Crippen molar-refractivity contribution in [2.45, 2.75) is 38.1 Å². The van der Waals surface area contributed by atoms with Crippen LogP contribution in [-0.2, 0) is 14.3 Å². The van der Waals surface area contributed by atoms with Gasteiger partial charge in [-0.1, -0.05) is 68.5 Å². The molecule has 3 rings (SSSR count). The summed E-state index contributed by atoms with van der Waals surface area (Å²) in [4.78, 5) is 35.6. The first-order valence-electron chi connectivity index (χ1n) is 10.7. The number of hydrogen-bond donors (Lipinski definition) is 3. The largest absolute Gasteiger partial charge is 0.480 e. The van der Waals surface area contributed by atoms with Gasteiger partial charge in [0, 0.05) is 18.5 Å². The van der Waals surface area contributed by atoms with E-state index in [0.29, 0.717) is 0 Å². The minimum atomic E-state index is -1.29. The van der Waals surface area contributed by atoms with Crippen LogP contribution in [-0.4, -0.2) is 41.8 Å². The van der Waals surface area contributed by atoms with Crippen molar-refractivity contribution in [2.75, 3.05) is 13.2 Å². The first kappa shape index (κ1) is 23.1. The number of benzene rings is 2. The van der Waals surface area contributed by atoms with E-state index in [2.05, 4.69) is 22.8 Å². The summed E-state index contributed by atoms with van der Waals surface area (Å²) >= 11 is 0. The summed E-state index contributed by atoms with van der Waals surface area (Å²) in [7, 11) is 0. The van der Waals surface area contributed by atoms with Gasteiger partial charge in [0.1, 0.15) is 12.1 Å². The quantitative estimate of drug-likeness (QED) is 0.518. The van der Waals surface area contributed by atoms with E-state index in [1.54, 1.807) is 13.8 Å². The fourth-order valence-corrected chi connectivity index (χ4v) is 4.02. The molecule has 32 heavy (non-hydrogen) atoms. The maximum atomic E-state index is 12.1. The Balaban J connectivity index is 1.50. The Morgan fingerprint density at radius 1 is 1.00 bits per heavy atom. The van der Waals surface area contributed by atoms with Gasteiger partial charge in [-0.2, -0.15) is 0 Å². The van der Waals surface area contributed by atoms with Crippen LogP contribution in [0.15, 0.2) is 60.7 Å². The van der Waals surface area contributed by atoms with E-state index in [9.17, 15) is 19.5 Å². The lowest BCUT2D eigenvalue weighted by molar-refractivity contribution is -0.147. The SMILES string of the molecule is CCC(CC)(NC(=O)/C=C/CNC(=O)OCC1c2ccccc2-c2ccccc21)C(=O)O. The average molecular weight is 437 g/mol. The third kappa shape index (κ3) is 4.82. The van der Waals surface area contributed by atoms with E-state index in [1.807, 2.05) is 36.4 Å². The molecule has 0 unspecified atom stereocenters. The van der Waals surface area contributed by atoms with Crippen LogP contribution in [0.4, 0.5) is 4.79 Å². The zero-order valence-electron chi connectivity index (χ0n) is 18.3. The second kappa shape index (κ2) is 10.1. The van der Waals surface area contributed by atoms with Crippen molar-refractivity contribution in [3.63, 3.8) is 0 Å². The van der Waals surface area contributed by atoms with Gasteiger partial charge < -0.3 is 20.5 Å². The van der Waals surface area contributed by atoms with Crippen molar-refractivity contribution in [3.8, 4) is 11.1 Å². The number of carboxylic acids is 1. The second-order valence-electron chi connectivity index (χ2n) is 7.69. The van der Waals surface area contributed by atoms with Crippen LogP contribution in [0, 0.1) is 0 Å². The number of amides is 2. The van der Waals surface area contributed by atoms with Gasteiger partial charge in [-0.3, -0.25) is 4.79 Å². The van der Waals surface area contributed by atoms with E-state index in [1.165, 1.54) is 12.2 Å². The molecule has 168 valence electrons. The molecular weight excluding hydrogens is 408 g/mol. The number of nitrogens with one attached hydrogen (secondary N) is 2. The van der Waals surface area contributed by atoms with Crippen molar-refractivity contribution in [1.82, 2.24) is 10.6 Å². The van der Waals surface area contributed by atoms with Crippen LogP contribution in [0.1, 0.15) is 43.7 Å². The summed E-state index contributed by atoms with van der Waals surface area (Å²) in [5.74, 6) is -1.62. The van der Waals surface area contributed by atoms with Crippen LogP contribution in [0.25, 0.3) is 11.1 Å². The molecule has 1 aliphatic carbocycles. The van der Waals surface area contributed by atoms with Crippen LogP contribution in [0.5, 0.6) is 0 Å². The molecule has 2 amide bonds. The minimum Gasteiger partial charge on any atom is -0.480 e. The molecule has 2 aromatic rings. The van der Waals surface area contributed by atoms with Gasteiger partial charge in [0.2, 0.25) is 5.91 Å². The molecule has 1 aliphatic rings. The summed E-state index contributed by atoms with van der Waals surface area (Å²) in [6, 6.07) is 16.2. The molecule has 0 fully saturated rings. The van der Waals surface area contributed by atoms with Gasteiger partial charge in [0.25, 0.3) is 0 Å². The van der Waals surface area contributed by atoms with E-state index in [0.717, 1.165) is 22.3 Å². The minimum absolute atomic E-state index is 0.0262. The van der Waals surface area contributed by atoms with E-state index in [4.69, 9.17) is 4.74 Å². The van der Waals surface area contributed by atoms with Gasteiger partial charge >= 0.3 is 12.1 Å². The topological polar surface area (TPSA) is 105 Å². The Hall–Kier alpha value is -3.61. The molecule has 0 radical (unpaired) electrons.